The first-order valence-electron chi connectivity index (χ1n) is 4.16. The van der Waals surface area contributed by atoms with Gasteiger partial charge in [0, 0.05) is 11.1 Å². The van der Waals surface area contributed by atoms with Crippen LogP contribution >= 0.6 is 15.9 Å². The molecule has 0 saturated carbocycles. The average Bonchev–Trinajstić information content (AvgIpc) is 2.17. The van der Waals surface area contributed by atoms with Crippen molar-refractivity contribution in [2.24, 2.45) is 0 Å². The zero-order valence-corrected chi connectivity index (χ0v) is 10.0. The van der Waals surface area contributed by atoms with Gasteiger partial charge in [0.15, 0.2) is 0 Å². The first-order valence-corrected chi connectivity index (χ1v) is 4.95. The van der Waals surface area contributed by atoms with E-state index < -0.39 is 0 Å². The van der Waals surface area contributed by atoms with Crippen molar-refractivity contribution in [3.63, 3.8) is 0 Å². The zero-order chi connectivity index (χ0) is 10.7. The van der Waals surface area contributed by atoms with Crippen molar-refractivity contribution < 1.29 is 14.6 Å². The lowest BCUT2D eigenvalue weighted by atomic mass is 10.1. The molecule has 0 fully saturated rings. The topological polar surface area (TPSA) is 38.7 Å². The summed E-state index contributed by atoms with van der Waals surface area (Å²) in [6.45, 7) is 1.84. The summed E-state index contributed by atoms with van der Waals surface area (Å²) in [4.78, 5) is 0. The molecule has 0 aliphatic rings. The molecule has 0 radical (unpaired) electrons. The summed E-state index contributed by atoms with van der Waals surface area (Å²) in [5.41, 5.74) is 1.63. The summed E-state index contributed by atoms with van der Waals surface area (Å²) < 4.78 is 11.2. The quantitative estimate of drug-likeness (QED) is 0.907. The molecule has 0 atom stereocenters. The molecule has 1 aromatic rings. The first-order chi connectivity index (χ1) is 6.65. The SMILES string of the molecule is COc1c(Br)cc(CO)c(OC)c1C. The minimum absolute atomic E-state index is 0.0490. The number of hydrogen-bond donors (Lipinski definition) is 1. The third-order valence-electron chi connectivity index (χ3n) is 2.07. The third-order valence-corrected chi connectivity index (χ3v) is 2.66. The van der Waals surface area contributed by atoms with Gasteiger partial charge in [-0.15, -0.1) is 0 Å². The second-order valence-electron chi connectivity index (χ2n) is 2.87. The molecule has 0 aromatic heterocycles. The highest BCUT2D eigenvalue weighted by Gasteiger charge is 2.14. The van der Waals surface area contributed by atoms with Crippen LogP contribution in [-0.4, -0.2) is 19.3 Å². The highest BCUT2D eigenvalue weighted by Crippen LogP contribution is 2.37. The van der Waals surface area contributed by atoms with Gasteiger partial charge in [-0.25, -0.2) is 0 Å². The van der Waals surface area contributed by atoms with E-state index in [1.165, 1.54) is 0 Å². The number of benzene rings is 1. The van der Waals surface area contributed by atoms with Gasteiger partial charge in [0.1, 0.15) is 11.5 Å². The number of hydrogen-bond acceptors (Lipinski definition) is 3. The summed E-state index contributed by atoms with van der Waals surface area (Å²) in [7, 11) is 3.18. The standard InChI is InChI=1S/C10H13BrO3/c1-6-9(13-2)7(5-12)4-8(11)10(6)14-3/h4,12H,5H2,1-3H3. The van der Waals surface area contributed by atoms with E-state index in [4.69, 9.17) is 14.6 Å². The molecule has 1 aromatic carbocycles. The second kappa shape index (κ2) is 4.66. The lowest BCUT2D eigenvalue weighted by Crippen LogP contribution is -1.98. The minimum Gasteiger partial charge on any atom is -0.496 e. The van der Waals surface area contributed by atoms with Crippen LogP contribution in [0.5, 0.6) is 11.5 Å². The van der Waals surface area contributed by atoms with Crippen molar-refractivity contribution in [1.29, 1.82) is 0 Å². The number of methoxy groups -OCH3 is 2. The predicted octanol–water partition coefficient (Wildman–Crippen LogP) is 2.27. The van der Waals surface area contributed by atoms with Gasteiger partial charge >= 0.3 is 0 Å². The molecular weight excluding hydrogens is 248 g/mol. The van der Waals surface area contributed by atoms with Crippen molar-refractivity contribution in [3.8, 4) is 11.5 Å². The van der Waals surface area contributed by atoms with E-state index in [2.05, 4.69) is 15.9 Å². The van der Waals surface area contributed by atoms with Crippen LogP contribution < -0.4 is 9.47 Å². The number of aliphatic hydroxyl groups is 1. The molecule has 0 aliphatic heterocycles. The van der Waals surface area contributed by atoms with E-state index >= 15 is 0 Å². The average molecular weight is 261 g/mol. The molecule has 78 valence electrons. The van der Waals surface area contributed by atoms with Gasteiger partial charge in [-0.1, -0.05) is 0 Å². The molecule has 3 nitrogen and oxygen atoms in total. The van der Waals surface area contributed by atoms with Crippen molar-refractivity contribution >= 4 is 15.9 Å². The van der Waals surface area contributed by atoms with E-state index in [0.29, 0.717) is 5.75 Å². The Morgan fingerprint density at radius 1 is 1.29 bits per heavy atom. The Hall–Kier alpha value is -0.740. The highest BCUT2D eigenvalue weighted by molar-refractivity contribution is 9.10. The van der Waals surface area contributed by atoms with Crippen LogP contribution in [0.1, 0.15) is 11.1 Å². The summed E-state index contributed by atoms with van der Waals surface area (Å²) in [5, 5.41) is 9.12. The zero-order valence-electron chi connectivity index (χ0n) is 8.43. The molecule has 0 aliphatic carbocycles. The molecular formula is C10H13BrO3. The molecule has 0 bridgehead atoms. The van der Waals surface area contributed by atoms with Gasteiger partial charge in [-0.2, -0.15) is 0 Å². The Morgan fingerprint density at radius 2 is 1.86 bits per heavy atom. The van der Waals surface area contributed by atoms with Crippen LogP contribution in [0, 0.1) is 6.92 Å². The lowest BCUT2D eigenvalue weighted by molar-refractivity contribution is 0.272. The molecule has 0 spiro atoms. The fourth-order valence-electron chi connectivity index (χ4n) is 1.46. The molecule has 1 rings (SSSR count). The van der Waals surface area contributed by atoms with E-state index in [1.807, 2.05) is 6.92 Å². The number of ether oxygens (including phenoxy) is 2. The molecule has 14 heavy (non-hydrogen) atoms. The fourth-order valence-corrected chi connectivity index (χ4v) is 2.19. The Balaban J connectivity index is 3.39. The van der Waals surface area contributed by atoms with E-state index in [1.54, 1.807) is 20.3 Å². The second-order valence-corrected chi connectivity index (χ2v) is 3.72. The molecule has 1 N–H and O–H groups in total. The van der Waals surface area contributed by atoms with Gasteiger partial charge in [0.25, 0.3) is 0 Å². The van der Waals surface area contributed by atoms with E-state index in [-0.39, 0.29) is 6.61 Å². The summed E-state index contributed by atoms with van der Waals surface area (Å²) in [6.07, 6.45) is 0. The van der Waals surface area contributed by atoms with Gasteiger partial charge < -0.3 is 14.6 Å². The number of halogens is 1. The minimum atomic E-state index is -0.0490. The van der Waals surface area contributed by atoms with Crippen LogP contribution in [-0.2, 0) is 6.61 Å². The van der Waals surface area contributed by atoms with Crippen molar-refractivity contribution in [2.45, 2.75) is 13.5 Å². The van der Waals surface area contributed by atoms with Crippen LogP contribution in [0.2, 0.25) is 0 Å². The third kappa shape index (κ3) is 1.86. The van der Waals surface area contributed by atoms with Crippen LogP contribution in [0.4, 0.5) is 0 Å². The Morgan fingerprint density at radius 3 is 2.29 bits per heavy atom. The molecule has 4 heteroatoms. The van der Waals surface area contributed by atoms with Crippen molar-refractivity contribution in [1.82, 2.24) is 0 Å². The Kier molecular flexibility index (Phi) is 3.77. The number of aliphatic hydroxyl groups excluding tert-OH is 1. The molecule has 0 heterocycles. The van der Waals surface area contributed by atoms with E-state index in [0.717, 1.165) is 21.3 Å². The maximum atomic E-state index is 9.12. The highest BCUT2D eigenvalue weighted by atomic mass is 79.9. The largest absolute Gasteiger partial charge is 0.496 e. The Bertz CT molecular complexity index is 337. The van der Waals surface area contributed by atoms with Gasteiger partial charge in [0.2, 0.25) is 0 Å². The van der Waals surface area contributed by atoms with E-state index in [9.17, 15) is 0 Å². The van der Waals surface area contributed by atoms with Gasteiger partial charge in [0.05, 0.1) is 25.3 Å². The van der Waals surface area contributed by atoms with Crippen LogP contribution in [0.3, 0.4) is 0 Å². The molecule has 0 saturated heterocycles. The van der Waals surface area contributed by atoms with Crippen molar-refractivity contribution in [3.05, 3.63) is 21.7 Å². The molecule has 0 amide bonds. The van der Waals surface area contributed by atoms with Crippen LogP contribution in [0.25, 0.3) is 0 Å². The van der Waals surface area contributed by atoms with Gasteiger partial charge in [-0.05, 0) is 28.9 Å². The summed E-state index contributed by atoms with van der Waals surface area (Å²) >= 11 is 3.37. The summed E-state index contributed by atoms with van der Waals surface area (Å²) in [6, 6.07) is 1.80. The molecule has 0 unspecified atom stereocenters. The lowest BCUT2D eigenvalue weighted by Gasteiger charge is -2.14. The predicted molar refractivity (Wildman–Crippen MR) is 57.9 cm³/mol. The Labute approximate surface area is 91.8 Å². The monoisotopic (exact) mass is 260 g/mol. The van der Waals surface area contributed by atoms with Crippen molar-refractivity contribution in [2.75, 3.05) is 14.2 Å². The first kappa shape index (κ1) is 11.3. The maximum absolute atomic E-state index is 9.12. The fraction of sp³-hybridized carbons (Fsp3) is 0.400. The normalized spacial score (nSPS) is 10.1. The number of rotatable bonds is 3. The summed E-state index contributed by atoms with van der Waals surface area (Å²) in [5.74, 6) is 1.41. The van der Waals surface area contributed by atoms with Gasteiger partial charge in [-0.3, -0.25) is 0 Å². The van der Waals surface area contributed by atoms with Crippen LogP contribution in [0.15, 0.2) is 10.5 Å². The smallest absolute Gasteiger partial charge is 0.139 e. The maximum Gasteiger partial charge on any atom is 0.139 e.